The Hall–Kier alpha value is -2.32. The van der Waals surface area contributed by atoms with Crippen LogP contribution in [0.25, 0.3) is 0 Å². The van der Waals surface area contributed by atoms with Crippen LogP contribution in [-0.4, -0.2) is 35.3 Å². The highest BCUT2D eigenvalue weighted by Gasteiger charge is 2.16. The molecule has 0 aliphatic carbocycles. The van der Waals surface area contributed by atoms with Crippen molar-refractivity contribution in [1.29, 1.82) is 0 Å². The molecule has 0 fully saturated rings. The minimum Gasteiger partial charge on any atom is -0.494 e. The molecule has 0 amide bonds. The van der Waals surface area contributed by atoms with E-state index in [1.165, 1.54) is 19.2 Å². The molecule has 0 radical (unpaired) electrons. The summed E-state index contributed by atoms with van der Waals surface area (Å²) >= 11 is 0. The summed E-state index contributed by atoms with van der Waals surface area (Å²) in [6.07, 6.45) is 0. The van der Waals surface area contributed by atoms with Crippen LogP contribution in [0.3, 0.4) is 0 Å². The average Bonchev–Trinajstić information content (AvgIpc) is 2.60. The van der Waals surface area contributed by atoms with E-state index in [0.717, 1.165) is 11.8 Å². The van der Waals surface area contributed by atoms with Gasteiger partial charge in [0.05, 0.1) is 18.6 Å². The fourth-order valence-electron chi connectivity index (χ4n) is 2.04. The molecule has 0 aromatic heterocycles. The zero-order valence-corrected chi connectivity index (χ0v) is 14.8. The van der Waals surface area contributed by atoms with E-state index in [4.69, 9.17) is 14.2 Å². The summed E-state index contributed by atoms with van der Waals surface area (Å²) in [6, 6.07) is 10.5. The van der Waals surface area contributed by atoms with Gasteiger partial charge in [-0.15, -0.1) is 0 Å². The van der Waals surface area contributed by atoms with Crippen molar-refractivity contribution in [1.82, 2.24) is 4.72 Å². The average molecular weight is 369 g/mol. The summed E-state index contributed by atoms with van der Waals surface area (Å²) in [4.78, 5) is -0.174. The molecule has 25 heavy (non-hydrogen) atoms. The molecule has 136 valence electrons. The second-order valence-corrected chi connectivity index (χ2v) is 6.71. The summed E-state index contributed by atoms with van der Waals surface area (Å²) in [7, 11) is -2.51. The molecule has 2 rings (SSSR count). The molecular formula is C17H20FNO5S. The Bertz CT molecular complexity index is 793. The molecule has 8 heteroatoms. The van der Waals surface area contributed by atoms with Gasteiger partial charge in [-0.25, -0.2) is 17.5 Å². The monoisotopic (exact) mass is 369 g/mol. The smallest absolute Gasteiger partial charge is 0.240 e. The Kier molecular flexibility index (Phi) is 6.60. The normalized spacial score (nSPS) is 11.2. The Morgan fingerprint density at radius 2 is 1.68 bits per heavy atom. The number of hydrogen-bond donors (Lipinski definition) is 1. The first kappa shape index (κ1) is 19.0. The molecule has 0 spiro atoms. The minimum atomic E-state index is -3.82. The summed E-state index contributed by atoms with van der Waals surface area (Å²) in [5.41, 5.74) is 0. The van der Waals surface area contributed by atoms with Crippen LogP contribution in [0.5, 0.6) is 17.2 Å². The highest BCUT2D eigenvalue weighted by Crippen LogP contribution is 2.20. The molecule has 0 saturated heterocycles. The first-order valence-corrected chi connectivity index (χ1v) is 9.13. The first-order chi connectivity index (χ1) is 12.0. The van der Waals surface area contributed by atoms with Gasteiger partial charge in [-0.2, -0.15) is 0 Å². The third-order valence-electron chi connectivity index (χ3n) is 3.23. The number of ether oxygens (including phenoxy) is 3. The lowest BCUT2D eigenvalue weighted by Gasteiger charge is -2.10. The molecule has 2 aromatic rings. The Balaban J connectivity index is 1.86. The van der Waals surface area contributed by atoms with Gasteiger partial charge < -0.3 is 14.2 Å². The van der Waals surface area contributed by atoms with Gasteiger partial charge in [-0.3, -0.25) is 0 Å². The van der Waals surface area contributed by atoms with Crippen LogP contribution in [0.4, 0.5) is 4.39 Å². The van der Waals surface area contributed by atoms with Crippen molar-refractivity contribution in [2.45, 2.75) is 11.8 Å². The van der Waals surface area contributed by atoms with E-state index in [9.17, 15) is 12.8 Å². The SMILES string of the molecule is CCOc1ccc(OCCNS(=O)(=O)c2ccc(OC)c(F)c2)cc1. The van der Waals surface area contributed by atoms with E-state index in [-0.39, 0.29) is 23.8 Å². The summed E-state index contributed by atoms with van der Waals surface area (Å²) in [5, 5.41) is 0. The highest BCUT2D eigenvalue weighted by molar-refractivity contribution is 7.89. The van der Waals surface area contributed by atoms with Crippen LogP contribution < -0.4 is 18.9 Å². The topological polar surface area (TPSA) is 73.9 Å². The standard InChI is InChI=1S/C17H20FNO5S/c1-3-23-13-4-6-14(7-5-13)24-11-10-19-25(20,21)15-8-9-17(22-2)16(18)12-15/h4-9,12,19H,3,10-11H2,1-2H3. The molecule has 0 aliphatic rings. The maximum Gasteiger partial charge on any atom is 0.240 e. The van der Waals surface area contributed by atoms with Crippen LogP contribution in [0.1, 0.15) is 6.92 Å². The van der Waals surface area contributed by atoms with Gasteiger partial charge in [0.25, 0.3) is 0 Å². The molecule has 6 nitrogen and oxygen atoms in total. The van der Waals surface area contributed by atoms with E-state index < -0.39 is 15.8 Å². The third-order valence-corrected chi connectivity index (χ3v) is 4.69. The van der Waals surface area contributed by atoms with Gasteiger partial charge in [0.1, 0.15) is 18.1 Å². The van der Waals surface area contributed by atoms with E-state index in [2.05, 4.69) is 4.72 Å². The van der Waals surface area contributed by atoms with Crippen LogP contribution in [0.2, 0.25) is 0 Å². The van der Waals surface area contributed by atoms with Crippen LogP contribution in [0.15, 0.2) is 47.4 Å². The van der Waals surface area contributed by atoms with Crippen molar-refractivity contribution >= 4 is 10.0 Å². The fraction of sp³-hybridized carbons (Fsp3) is 0.294. The molecule has 2 aromatic carbocycles. The van der Waals surface area contributed by atoms with Crippen LogP contribution in [0, 0.1) is 5.82 Å². The zero-order chi connectivity index (χ0) is 18.3. The number of benzene rings is 2. The largest absolute Gasteiger partial charge is 0.494 e. The fourth-order valence-corrected chi connectivity index (χ4v) is 3.07. The highest BCUT2D eigenvalue weighted by atomic mass is 32.2. The first-order valence-electron chi connectivity index (χ1n) is 7.65. The van der Waals surface area contributed by atoms with Crippen LogP contribution in [-0.2, 0) is 10.0 Å². The third kappa shape index (κ3) is 5.33. The second kappa shape index (κ2) is 8.68. The quantitative estimate of drug-likeness (QED) is 0.688. The van der Waals surface area contributed by atoms with Gasteiger partial charge in [0, 0.05) is 6.54 Å². The van der Waals surface area contributed by atoms with Gasteiger partial charge >= 0.3 is 0 Å². The lowest BCUT2D eigenvalue weighted by molar-refractivity contribution is 0.319. The predicted molar refractivity (Wildman–Crippen MR) is 91.2 cm³/mol. The van der Waals surface area contributed by atoms with E-state index in [0.29, 0.717) is 12.4 Å². The molecule has 0 aliphatic heterocycles. The number of sulfonamides is 1. The molecule has 0 atom stereocenters. The maximum absolute atomic E-state index is 13.6. The molecular weight excluding hydrogens is 349 g/mol. The van der Waals surface area contributed by atoms with Gasteiger partial charge in [0.2, 0.25) is 10.0 Å². The van der Waals surface area contributed by atoms with Crippen molar-refractivity contribution < 1.29 is 27.0 Å². The molecule has 0 saturated carbocycles. The van der Waals surface area contributed by atoms with Crippen LogP contribution >= 0.6 is 0 Å². The van der Waals surface area contributed by atoms with E-state index in [1.54, 1.807) is 24.3 Å². The Morgan fingerprint density at radius 1 is 1.04 bits per heavy atom. The molecule has 0 unspecified atom stereocenters. The van der Waals surface area contributed by atoms with Gasteiger partial charge in [-0.05, 0) is 49.4 Å². The molecule has 0 bridgehead atoms. The lowest BCUT2D eigenvalue weighted by Crippen LogP contribution is -2.28. The van der Waals surface area contributed by atoms with Crippen molar-refractivity contribution in [2.24, 2.45) is 0 Å². The Morgan fingerprint density at radius 3 is 2.24 bits per heavy atom. The summed E-state index contributed by atoms with van der Waals surface area (Å²) in [5.74, 6) is 0.573. The number of methoxy groups -OCH3 is 1. The maximum atomic E-state index is 13.6. The molecule has 0 heterocycles. The minimum absolute atomic E-state index is 0.0159. The van der Waals surface area contributed by atoms with E-state index >= 15 is 0 Å². The number of hydrogen-bond acceptors (Lipinski definition) is 5. The summed E-state index contributed by atoms with van der Waals surface area (Å²) in [6.45, 7) is 2.65. The van der Waals surface area contributed by atoms with Crippen molar-refractivity contribution in [2.75, 3.05) is 26.9 Å². The molecule has 1 N–H and O–H groups in total. The van der Waals surface area contributed by atoms with Gasteiger partial charge in [0.15, 0.2) is 11.6 Å². The van der Waals surface area contributed by atoms with Crippen molar-refractivity contribution in [3.8, 4) is 17.2 Å². The predicted octanol–water partition coefficient (Wildman–Crippen LogP) is 2.59. The summed E-state index contributed by atoms with van der Waals surface area (Å²) < 4.78 is 55.8. The van der Waals surface area contributed by atoms with Crippen molar-refractivity contribution in [3.05, 3.63) is 48.3 Å². The number of halogens is 1. The lowest BCUT2D eigenvalue weighted by atomic mass is 10.3. The van der Waals surface area contributed by atoms with Gasteiger partial charge in [-0.1, -0.05) is 0 Å². The zero-order valence-electron chi connectivity index (χ0n) is 14.0. The Labute approximate surface area is 146 Å². The second-order valence-electron chi connectivity index (χ2n) is 4.95. The van der Waals surface area contributed by atoms with E-state index in [1.807, 2.05) is 6.92 Å². The number of rotatable bonds is 9. The van der Waals surface area contributed by atoms with Crippen molar-refractivity contribution in [3.63, 3.8) is 0 Å². The number of nitrogens with one attached hydrogen (secondary N) is 1.